The van der Waals surface area contributed by atoms with Gasteiger partial charge in [0.1, 0.15) is 5.65 Å². The van der Waals surface area contributed by atoms with Gasteiger partial charge in [0.25, 0.3) is 0 Å². The highest BCUT2D eigenvalue weighted by atomic mass is 16.5. The maximum atomic E-state index is 12.7. The molecule has 0 bridgehead atoms. The molecule has 0 radical (unpaired) electrons. The van der Waals surface area contributed by atoms with Crippen molar-refractivity contribution in [2.45, 2.75) is 52.2 Å². The number of aromatic amines is 1. The van der Waals surface area contributed by atoms with E-state index >= 15 is 0 Å². The number of rotatable bonds is 6. The van der Waals surface area contributed by atoms with Gasteiger partial charge in [0, 0.05) is 61.1 Å². The molecule has 5 rings (SSSR count). The zero-order chi connectivity index (χ0) is 25.1. The Labute approximate surface area is 213 Å². The first-order chi connectivity index (χ1) is 17.5. The molecule has 0 aliphatic carbocycles. The number of carbonyl (C=O) groups is 1. The summed E-state index contributed by atoms with van der Waals surface area (Å²) in [5.41, 5.74) is 6.96. The lowest BCUT2D eigenvalue weighted by Crippen LogP contribution is -2.49. The summed E-state index contributed by atoms with van der Waals surface area (Å²) in [6, 6.07) is 11.3. The molecule has 1 aromatic carbocycles. The molecular weight excluding hydrogens is 450 g/mol. The van der Waals surface area contributed by atoms with Gasteiger partial charge < -0.3 is 19.9 Å². The molecule has 1 fully saturated rings. The van der Waals surface area contributed by atoms with Crippen LogP contribution in [-0.2, 0) is 11.3 Å². The Morgan fingerprint density at radius 1 is 1.17 bits per heavy atom. The van der Waals surface area contributed by atoms with Gasteiger partial charge in [-0.1, -0.05) is 37.3 Å². The van der Waals surface area contributed by atoms with E-state index in [4.69, 9.17) is 9.72 Å². The number of amides is 2. The van der Waals surface area contributed by atoms with Gasteiger partial charge >= 0.3 is 6.03 Å². The molecule has 2 aliphatic heterocycles. The average Bonchev–Trinajstić information content (AvgIpc) is 3.32. The fourth-order valence-electron chi connectivity index (χ4n) is 5.20. The minimum Gasteiger partial charge on any atom is -0.379 e. The number of fused-ring (bicyclic) bond motifs is 1. The second kappa shape index (κ2) is 10.8. The monoisotopic (exact) mass is 487 g/mol. The Kier molecular flexibility index (Phi) is 7.39. The number of benzene rings is 1. The average molecular weight is 488 g/mol. The standard InChI is InChI=1S/C29H37N5O2/c1-4-25-15-23(9-10-34(25)29(35)32-20(2)3)27-18-31-28-26(27)16-24(17-30-28)22-7-5-21(6-8-22)19-33-11-13-36-14-12-33/h5-8,15-18,20,25H,4,9-14,19H2,1-3H3,(H,30,31)(H,32,35). The molecule has 7 nitrogen and oxygen atoms in total. The molecule has 2 N–H and O–H groups in total. The Hall–Kier alpha value is -3.16. The van der Waals surface area contributed by atoms with Crippen LogP contribution in [0.15, 0.2) is 48.8 Å². The van der Waals surface area contributed by atoms with E-state index in [9.17, 15) is 4.79 Å². The summed E-state index contributed by atoms with van der Waals surface area (Å²) in [7, 11) is 0. The summed E-state index contributed by atoms with van der Waals surface area (Å²) in [5, 5.41) is 4.17. The van der Waals surface area contributed by atoms with Crippen molar-refractivity contribution >= 4 is 22.6 Å². The first kappa shape index (κ1) is 24.5. The molecule has 190 valence electrons. The molecule has 7 heteroatoms. The van der Waals surface area contributed by atoms with Crippen LogP contribution in [0.2, 0.25) is 0 Å². The molecule has 2 amide bonds. The van der Waals surface area contributed by atoms with Crippen molar-refractivity contribution in [1.29, 1.82) is 0 Å². The van der Waals surface area contributed by atoms with Crippen molar-refractivity contribution in [3.63, 3.8) is 0 Å². The summed E-state index contributed by atoms with van der Waals surface area (Å²) >= 11 is 0. The number of H-pyrrole nitrogens is 1. The number of pyridine rings is 1. The van der Waals surface area contributed by atoms with Crippen LogP contribution in [0.1, 0.15) is 44.7 Å². The van der Waals surface area contributed by atoms with E-state index in [-0.39, 0.29) is 18.1 Å². The molecule has 1 atom stereocenters. The summed E-state index contributed by atoms with van der Waals surface area (Å²) in [4.78, 5) is 25.2. The molecule has 2 aliphatic rings. The van der Waals surface area contributed by atoms with E-state index in [0.717, 1.165) is 62.3 Å². The van der Waals surface area contributed by atoms with Crippen LogP contribution in [0.3, 0.4) is 0 Å². The molecule has 0 spiro atoms. The lowest BCUT2D eigenvalue weighted by Gasteiger charge is -2.34. The predicted molar refractivity (Wildman–Crippen MR) is 145 cm³/mol. The number of ether oxygens (including phenoxy) is 1. The van der Waals surface area contributed by atoms with Gasteiger partial charge in [-0.2, -0.15) is 0 Å². The third-order valence-electron chi connectivity index (χ3n) is 7.18. The Morgan fingerprint density at radius 2 is 1.94 bits per heavy atom. The van der Waals surface area contributed by atoms with Crippen molar-refractivity contribution in [3.8, 4) is 11.1 Å². The van der Waals surface area contributed by atoms with Gasteiger partial charge in [0.15, 0.2) is 0 Å². The maximum Gasteiger partial charge on any atom is 0.318 e. The smallest absolute Gasteiger partial charge is 0.318 e. The molecule has 1 saturated heterocycles. The first-order valence-electron chi connectivity index (χ1n) is 13.2. The second-order valence-electron chi connectivity index (χ2n) is 10.1. The highest BCUT2D eigenvalue weighted by Gasteiger charge is 2.27. The Bertz CT molecular complexity index is 1220. The minimum absolute atomic E-state index is 0.0205. The van der Waals surface area contributed by atoms with E-state index in [0.29, 0.717) is 6.54 Å². The third kappa shape index (κ3) is 5.32. The van der Waals surface area contributed by atoms with Gasteiger partial charge in [-0.25, -0.2) is 9.78 Å². The molecular formula is C29H37N5O2. The fourth-order valence-corrected chi connectivity index (χ4v) is 5.20. The van der Waals surface area contributed by atoms with Crippen LogP contribution in [-0.4, -0.2) is 70.7 Å². The summed E-state index contributed by atoms with van der Waals surface area (Å²) in [6.07, 6.45) is 7.99. The lowest BCUT2D eigenvalue weighted by molar-refractivity contribution is 0.0342. The van der Waals surface area contributed by atoms with Gasteiger partial charge in [-0.15, -0.1) is 0 Å². The number of urea groups is 1. The van der Waals surface area contributed by atoms with Crippen molar-refractivity contribution < 1.29 is 9.53 Å². The zero-order valence-electron chi connectivity index (χ0n) is 21.6. The first-order valence-corrected chi connectivity index (χ1v) is 13.2. The normalized spacial score (nSPS) is 19.1. The quantitative estimate of drug-likeness (QED) is 0.510. The number of morpholine rings is 1. The second-order valence-corrected chi connectivity index (χ2v) is 10.1. The fraction of sp³-hybridized carbons (Fsp3) is 0.448. The van der Waals surface area contributed by atoms with Gasteiger partial charge in [0.05, 0.1) is 19.3 Å². The van der Waals surface area contributed by atoms with E-state index in [1.807, 2.05) is 24.9 Å². The molecule has 2 aromatic heterocycles. The largest absolute Gasteiger partial charge is 0.379 e. The number of nitrogens with one attached hydrogen (secondary N) is 2. The van der Waals surface area contributed by atoms with E-state index in [1.54, 1.807) is 0 Å². The van der Waals surface area contributed by atoms with Crippen LogP contribution in [0, 0.1) is 0 Å². The SMILES string of the molecule is CCC1C=C(c2c[nH]c3ncc(-c4ccc(CN5CCOCC5)cc4)cc23)CCN1C(=O)NC(C)C. The van der Waals surface area contributed by atoms with Gasteiger partial charge in [-0.05, 0) is 49.5 Å². The van der Waals surface area contributed by atoms with Crippen LogP contribution in [0.4, 0.5) is 4.79 Å². The third-order valence-corrected chi connectivity index (χ3v) is 7.18. The maximum absolute atomic E-state index is 12.7. The number of nitrogens with zero attached hydrogens (tertiary/aromatic N) is 3. The number of carbonyl (C=O) groups excluding carboxylic acids is 1. The van der Waals surface area contributed by atoms with Gasteiger partial charge in [0.2, 0.25) is 0 Å². The summed E-state index contributed by atoms with van der Waals surface area (Å²) in [5.74, 6) is 0. The Balaban J connectivity index is 1.37. The molecule has 3 aromatic rings. The predicted octanol–water partition coefficient (Wildman–Crippen LogP) is 5.05. The zero-order valence-corrected chi connectivity index (χ0v) is 21.6. The van der Waals surface area contributed by atoms with E-state index in [1.165, 1.54) is 22.3 Å². The minimum atomic E-state index is 0.0205. The summed E-state index contributed by atoms with van der Waals surface area (Å²) in [6.45, 7) is 11.4. The van der Waals surface area contributed by atoms with Gasteiger partial charge in [-0.3, -0.25) is 4.90 Å². The lowest BCUT2D eigenvalue weighted by atomic mass is 9.94. The van der Waals surface area contributed by atoms with Crippen molar-refractivity contribution in [1.82, 2.24) is 25.1 Å². The van der Waals surface area contributed by atoms with E-state index in [2.05, 4.69) is 64.7 Å². The topological polar surface area (TPSA) is 73.5 Å². The van der Waals surface area contributed by atoms with Crippen molar-refractivity contribution in [3.05, 3.63) is 59.9 Å². The molecule has 4 heterocycles. The van der Waals surface area contributed by atoms with Crippen molar-refractivity contribution in [2.24, 2.45) is 0 Å². The molecule has 1 unspecified atom stereocenters. The number of aromatic nitrogens is 2. The van der Waals surface area contributed by atoms with Crippen LogP contribution in [0.5, 0.6) is 0 Å². The van der Waals surface area contributed by atoms with E-state index < -0.39 is 0 Å². The number of hydrogen-bond acceptors (Lipinski definition) is 4. The highest BCUT2D eigenvalue weighted by molar-refractivity contribution is 5.93. The van der Waals surface area contributed by atoms with Crippen LogP contribution < -0.4 is 5.32 Å². The van der Waals surface area contributed by atoms with Crippen molar-refractivity contribution in [2.75, 3.05) is 32.8 Å². The highest BCUT2D eigenvalue weighted by Crippen LogP contribution is 2.33. The van der Waals surface area contributed by atoms with Crippen LogP contribution in [0.25, 0.3) is 27.7 Å². The number of hydrogen-bond donors (Lipinski definition) is 2. The molecule has 0 saturated carbocycles. The summed E-state index contributed by atoms with van der Waals surface area (Å²) < 4.78 is 5.46. The Morgan fingerprint density at radius 3 is 2.67 bits per heavy atom. The van der Waals surface area contributed by atoms with Crippen LogP contribution >= 0.6 is 0 Å². The molecule has 36 heavy (non-hydrogen) atoms.